The van der Waals surface area contributed by atoms with E-state index in [0.717, 1.165) is 5.69 Å². The number of hydrogen-bond donors (Lipinski definition) is 2. The Hall–Kier alpha value is -2.14. The monoisotopic (exact) mass is 276 g/mol. The molecule has 0 atom stereocenters. The lowest BCUT2D eigenvalue weighted by Crippen LogP contribution is -2.24. The minimum Gasteiger partial charge on any atom is -0.398 e. The van der Waals surface area contributed by atoms with Crippen molar-refractivity contribution >= 4 is 23.2 Å². The molecule has 0 aliphatic carbocycles. The molecule has 0 spiro atoms. The van der Waals surface area contributed by atoms with Gasteiger partial charge in [-0.05, 0) is 25.1 Å². The fourth-order valence-corrected chi connectivity index (χ4v) is 1.81. The molecule has 98 valence electrons. The second kappa shape index (κ2) is 5.67. The van der Waals surface area contributed by atoms with Crippen molar-refractivity contribution in [3.8, 4) is 0 Å². The minimum atomic E-state index is -0.284. The molecule has 0 aliphatic rings. The Morgan fingerprint density at radius 2 is 2.21 bits per heavy atom. The van der Waals surface area contributed by atoms with Crippen molar-refractivity contribution < 1.29 is 4.79 Å². The number of aromatic nitrogens is 2. The average molecular weight is 277 g/mol. The van der Waals surface area contributed by atoms with E-state index in [1.54, 1.807) is 37.4 Å². The third-order valence-electron chi connectivity index (χ3n) is 2.54. The van der Waals surface area contributed by atoms with E-state index in [9.17, 15) is 4.79 Å². The van der Waals surface area contributed by atoms with E-state index in [2.05, 4.69) is 15.3 Å². The first-order chi connectivity index (χ1) is 9.08. The predicted octanol–water partition coefficient (Wildman–Crippen LogP) is 1.95. The maximum Gasteiger partial charge on any atom is 0.253 e. The molecule has 19 heavy (non-hydrogen) atoms. The van der Waals surface area contributed by atoms with Crippen LogP contribution in [0.4, 0.5) is 5.69 Å². The molecule has 0 unspecified atom stereocenters. The van der Waals surface area contributed by atoms with Crippen LogP contribution in [0.15, 0.2) is 30.5 Å². The first kappa shape index (κ1) is 13.3. The zero-order valence-corrected chi connectivity index (χ0v) is 11.1. The Morgan fingerprint density at radius 3 is 2.95 bits per heavy atom. The average Bonchev–Trinajstić information content (AvgIpc) is 2.39. The number of amides is 1. The van der Waals surface area contributed by atoms with E-state index in [1.165, 1.54) is 0 Å². The number of nitrogens with one attached hydrogen (secondary N) is 1. The Morgan fingerprint density at radius 1 is 1.42 bits per heavy atom. The van der Waals surface area contributed by atoms with Gasteiger partial charge in [-0.2, -0.15) is 0 Å². The maximum absolute atomic E-state index is 12.0. The summed E-state index contributed by atoms with van der Waals surface area (Å²) in [7, 11) is 0. The van der Waals surface area contributed by atoms with Crippen LogP contribution in [0.3, 0.4) is 0 Å². The maximum atomic E-state index is 12.0. The number of hydrogen-bond acceptors (Lipinski definition) is 4. The fraction of sp³-hybridized carbons (Fsp3) is 0.154. The van der Waals surface area contributed by atoms with Gasteiger partial charge in [0.25, 0.3) is 5.91 Å². The molecular weight excluding hydrogens is 264 g/mol. The molecule has 0 aliphatic heterocycles. The molecule has 2 aromatic rings. The summed E-state index contributed by atoms with van der Waals surface area (Å²) in [6.07, 6.45) is 1.65. The van der Waals surface area contributed by atoms with Gasteiger partial charge in [-0.25, -0.2) is 9.97 Å². The second-order valence-corrected chi connectivity index (χ2v) is 4.36. The summed E-state index contributed by atoms with van der Waals surface area (Å²) in [4.78, 5) is 20.2. The molecule has 3 N–H and O–H groups in total. The third kappa shape index (κ3) is 3.20. The number of aryl methyl sites for hydroxylation is 1. The first-order valence-corrected chi connectivity index (χ1v) is 6.06. The fourth-order valence-electron chi connectivity index (χ4n) is 1.59. The summed E-state index contributed by atoms with van der Waals surface area (Å²) in [6.45, 7) is 2.10. The van der Waals surface area contributed by atoms with Gasteiger partial charge in [0.05, 0.1) is 28.5 Å². The van der Waals surface area contributed by atoms with Gasteiger partial charge in [-0.3, -0.25) is 4.79 Å². The van der Waals surface area contributed by atoms with Gasteiger partial charge in [0.1, 0.15) is 5.82 Å². The van der Waals surface area contributed by atoms with Gasteiger partial charge in [-0.15, -0.1) is 0 Å². The lowest BCUT2D eigenvalue weighted by molar-refractivity contribution is 0.0950. The summed E-state index contributed by atoms with van der Waals surface area (Å²) in [5, 5.41) is 3.00. The van der Waals surface area contributed by atoms with Crippen molar-refractivity contribution in [2.24, 2.45) is 0 Å². The lowest BCUT2D eigenvalue weighted by Gasteiger charge is -2.08. The van der Waals surface area contributed by atoms with E-state index >= 15 is 0 Å². The van der Waals surface area contributed by atoms with E-state index < -0.39 is 0 Å². The predicted molar refractivity (Wildman–Crippen MR) is 73.8 cm³/mol. The van der Waals surface area contributed by atoms with Crippen LogP contribution in [0.2, 0.25) is 5.02 Å². The molecule has 0 saturated heterocycles. The smallest absolute Gasteiger partial charge is 0.253 e. The van der Waals surface area contributed by atoms with Crippen LogP contribution in [0.25, 0.3) is 0 Å². The van der Waals surface area contributed by atoms with Crippen molar-refractivity contribution in [2.45, 2.75) is 13.5 Å². The van der Waals surface area contributed by atoms with Crippen molar-refractivity contribution in [1.29, 1.82) is 0 Å². The largest absolute Gasteiger partial charge is 0.398 e. The minimum absolute atomic E-state index is 0.263. The molecule has 1 aromatic heterocycles. The summed E-state index contributed by atoms with van der Waals surface area (Å²) in [6, 6.07) is 6.70. The Balaban J connectivity index is 2.08. The Bertz CT molecular complexity index is 615. The van der Waals surface area contributed by atoms with Crippen molar-refractivity contribution in [2.75, 3.05) is 5.73 Å². The molecule has 1 aromatic carbocycles. The molecular formula is C13H13ClN4O. The highest BCUT2D eigenvalue weighted by Crippen LogP contribution is 2.22. The number of rotatable bonds is 3. The molecule has 1 amide bonds. The van der Waals surface area contributed by atoms with Crippen LogP contribution >= 0.6 is 11.6 Å². The number of carbonyl (C=O) groups excluding carboxylic acids is 1. The highest BCUT2D eigenvalue weighted by Gasteiger charge is 2.11. The van der Waals surface area contributed by atoms with Gasteiger partial charge < -0.3 is 11.1 Å². The highest BCUT2D eigenvalue weighted by molar-refractivity contribution is 6.36. The topological polar surface area (TPSA) is 80.9 Å². The van der Waals surface area contributed by atoms with Gasteiger partial charge in [0, 0.05) is 6.20 Å². The van der Waals surface area contributed by atoms with Crippen LogP contribution in [0, 0.1) is 6.92 Å². The molecule has 1 heterocycles. The zero-order chi connectivity index (χ0) is 13.8. The lowest BCUT2D eigenvalue weighted by atomic mass is 10.2. The summed E-state index contributed by atoms with van der Waals surface area (Å²) >= 11 is 5.98. The van der Waals surface area contributed by atoms with Gasteiger partial charge in [0.2, 0.25) is 0 Å². The number of anilines is 1. The quantitative estimate of drug-likeness (QED) is 0.840. The molecule has 0 fully saturated rings. The number of nitrogens with zero attached hydrogens (tertiary/aromatic N) is 2. The number of nitrogens with two attached hydrogens (primary N) is 1. The van der Waals surface area contributed by atoms with Crippen molar-refractivity contribution in [3.05, 3.63) is 52.6 Å². The van der Waals surface area contributed by atoms with Crippen LogP contribution in [0.5, 0.6) is 0 Å². The Kier molecular flexibility index (Phi) is 3.97. The summed E-state index contributed by atoms with van der Waals surface area (Å²) < 4.78 is 0. The highest BCUT2D eigenvalue weighted by atomic mass is 35.5. The van der Waals surface area contributed by atoms with Gasteiger partial charge >= 0.3 is 0 Å². The number of halogens is 1. The van der Waals surface area contributed by atoms with E-state index in [4.69, 9.17) is 17.3 Å². The van der Waals surface area contributed by atoms with E-state index in [-0.39, 0.29) is 10.9 Å². The Labute approximate surface area is 115 Å². The van der Waals surface area contributed by atoms with Crippen LogP contribution in [-0.2, 0) is 6.54 Å². The van der Waals surface area contributed by atoms with Crippen LogP contribution in [0.1, 0.15) is 21.9 Å². The molecule has 2 rings (SSSR count). The SMILES string of the molecule is Cc1nccc(CNC(=O)c2cccc(N)c2Cl)n1. The van der Waals surface area contributed by atoms with E-state index in [0.29, 0.717) is 23.6 Å². The van der Waals surface area contributed by atoms with Crippen molar-refractivity contribution in [3.63, 3.8) is 0 Å². The van der Waals surface area contributed by atoms with E-state index in [1.807, 2.05) is 0 Å². The van der Waals surface area contributed by atoms with Crippen molar-refractivity contribution in [1.82, 2.24) is 15.3 Å². The molecule has 0 bridgehead atoms. The second-order valence-electron chi connectivity index (χ2n) is 3.99. The number of benzene rings is 1. The summed E-state index contributed by atoms with van der Waals surface area (Å²) in [5.41, 5.74) is 7.13. The molecule has 0 saturated carbocycles. The third-order valence-corrected chi connectivity index (χ3v) is 2.96. The zero-order valence-electron chi connectivity index (χ0n) is 10.4. The first-order valence-electron chi connectivity index (χ1n) is 5.68. The van der Waals surface area contributed by atoms with Crippen LogP contribution in [-0.4, -0.2) is 15.9 Å². The standard InChI is InChI=1S/C13H13ClN4O/c1-8-16-6-5-9(18-8)7-17-13(19)10-3-2-4-11(15)12(10)14/h2-6H,7,15H2,1H3,(H,17,19). The molecule has 5 nitrogen and oxygen atoms in total. The molecule has 0 radical (unpaired) electrons. The van der Waals surface area contributed by atoms with Gasteiger partial charge in [-0.1, -0.05) is 17.7 Å². The number of carbonyl (C=O) groups is 1. The summed E-state index contributed by atoms with van der Waals surface area (Å²) in [5.74, 6) is 0.377. The number of nitrogen functional groups attached to an aromatic ring is 1. The van der Waals surface area contributed by atoms with Crippen LogP contribution < -0.4 is 11.1 Å². The van der Waals surface area contributed by atoms with Gasteiger partial charge in [0.15, 0.2) is 0 Å². The normalized spacial score (nSPS) is 10.2. The molecule has 6 heteroatoms.